The lowest BCUT2D eigenvalue weighted by Crippen LogP contribution is -2.51. The fourth-order valence-corrected chi connectivity index (χ4v) is 3.08. The van der Waals surface area contributed by atoms with Crippen molar-refractivity contribution in [3.8, 4) is 0 Å². The molecule has 7 nitrogen and oxygen atoms in total. The van der Waals surface area contributed by atoms with Crippen molar-refractivity contribution in [2.45, 2.75) is 32.7 Å². The molecule has 1 aliphatic rings. The zero-order valence-electron chi connectivity index (χ0n) is 14.9. The number of urea groups is 1. The summed E-state index contributed by atoms with van der Waals surface area (Å²) in [5.74, 6) is -1.13. The number of nitrogens with one attached hydrogen (secondary N) is 2. The number of esters is 2. The molecular weight excluding hydrogens is 395 g/mol. The van der Waals surface area contributed by atoms with Crippen LogP contribution in [0.15, 0.2) is 29.5 Å². The average Bonchev–Trinajstić information content (AvgIpc) is 2.61. The molecule has 1 aliphatic heterocycles. The number of hydrogen-bond acceptors (Lipinski definition) is 5. The number of rotatable bonds is 7. The highest BCUT2D eigenvalue weighted by atomic mass is 35.5. The van der Waals surface area contributed by atoms with Crippen molar-refractivity contribution in [3.63, 3.8) is 0 Å². The molecule has 0 bridgehead atoms. The highest BCUT2D eigenvalue weighted by Gasteiger charge is 2.32. The van der Waals surface area contributed by atoms with Crippen molar-refractivity contribution >= 4 is 41.2 Å². The van der Waals surface area contributed by atoms with Gasteiger partial charge in [0.2, 0.25) is 0 Å². The fraction of sp³-hybridized carbons (Fsp3) is 0.389. The van der Waals surface area contributed by atoms with Gasteiger partial charge in [0.25, 0.3) is 0 Å². The van der Waals surface area contributed by atoms with Crippen LogP contribution in [0.3, 0.4) is 0 Å². The number of amides is 2. The predicted molar refractivity (Wildman–Crippen MR) is 101 cm³/mol. The molecule has 2 rings (SSSR count). The van der Waals surface area contributed by atoms with Crippen molar-refractivity contribution < 1.29 is 23.9 Å². The van der Waals surface area contributed by atoms with E-state index in [1.807, 2.05) is 6.92 Å². The minimum absolute atomic E-state index is 0.0680. The third kappa shape index (κ3) is 5.61. The first-order valence-corrected chi connectivity index (χ1v) is 9.18. The van der Waals surface area contributed by atoms with Gasteiger partial charge in [0.15, 0.2) is 0 Å². The van der Waals surface area contributed by atoms with Gasteiger partial charge in [0.1, 0.15) is 6.61 Å². The first kappa shape index (κ1) is 21.1. The van der Waals surface area contributed by atoms with Crippen molar-refractivity contribution in [1.29, 1.82) is 0 Å². The minimum atomic E-state index is -0.566. The Morgan fingerprint density at radius 3 is 2.56 bits per heavy atom. The Bertz CT molecular complexity index is 779. The van der Waals surface area contributed by atoms with Crippen molar-refractivity contribution in [2.75, 3.05) is 13.2 Å². The van der Waals surface area contributed by atoms with Gasteiger partial charge in [0.05, 0.1) is 30.3 Å². The Labute approximate surface area is 167 Å². The van der Waals surface area contributed by atoms with E-state index < -0.39 is 24.0 Å². The van der Waals surface area contributed by atoms with Crippen LogP contribution >= 0.6 is 23.2 Å². The Balaban J connectivity index is 2.12. The predicted octanol–water partition coefficient (Wildman–Crippen LogP) is 2.99. The van der Waals surface area contributed by atoms with Crippen LogP contribution in [0.4, 0.5) is 4.79 Å². The number of hydrogen-bond donors (Lipinski definition) is 2. The van der Waals surface area contributed by atoms with Crippen LogP contribution in [-0.4, -0.2) is 37.2 Å². The largest absolute Gasteiger partial charge is 0.463 e. The highest BCUT2D eigenvalue weighted by Crippen LogP contribution is 2.22. The third-order valence-electron chi connectivity index (χ3n) is 3.87. The van der Waals surface area contributed by atoms with Gasteiger partial charge in [-0.05, 0) is 31.0 Å². The van der Waals surface area contributed by atoms with Crippen LogP contribution in [0.25, 0.3) is 0 Å². The van der Waals surface area contributed by atoms with Gasteiger partial charge in [-0.2, -0.15) is 0 Å². The molecule has 2 amide bonds. The number of benzene rings is 1. The maximum Gasteiger partial charge on any atom is 0.338 e. The van der Waals surface area contributed by atoms with Crippen molar-refractivity contribution in [3.05, 3.63) is 45.1 Å². The standard InChI is InChI=1S/C18H20Cl2N2O5/c1-3-13-16(17(24)26-4-2)14(22-18(25)21-13)9-27-15(23)7-10-5-6-11(19)8-12(10)20/h5-6,8,13H,3-4,7,9H2,1-2H3,(H2,21,22,25)/t13-/m1/s1. The SMILES string of the molecule is CCOC(=O)C1=C(COC(=O)Cc2ccc(Cl)cc2Cl)NC(=O)N[C@@H]1CC. The van der Waals surface area contributed by atoms with Gasteiger partial charge in [-0.15, -0.1) is 0 Å². The fourth-order valence-electron chi connectivity index (χ4n) is 2.60. The second-order valence-corrected chi connectivity index (χ2v) is 6.59. The van der Waals surface area contributed by atoms with Crippen LogP contribution in [0, 0.1) is 0 Å². The first-order chi connectivity index (χ1) is 12.8. The summed E-state index contributed by atoms with van der Waals surface area (Å²) in [6.45, 7) is 3.43. The second-order valence-electron chi connectivity index (χ2n) is 5.75. The molecular formula is C18H20Cl2N2O5. The van der Waals surface area contributed by atoms with Gasteiger partial charge >= 0.3 is 18.0 Å². The van der Waals surface area contributed by atoms with Gasteiger partial charge in [-0.1, -0.05) is 36.2 Å². The zero-order valence-corrected chi connectivity index (χ0v) is 16.4. The summed E-state index contributed by atoms with van der Waals surface area (Å²) in [5, 5.41) is 5.98. The first-order valence-electron chi connectivity index (χ1n) is 8.42. The van der Waals surface area contributed by atoms with Crippen molar-refractivity contribution in [2.24, 2.45) is 0 Å². The molecule has 0 aliphatic carbocycles. The van der Waals surface area contributed by atoms with Crippen LogP contribution in [0.2, 0.25) is 10.0 Å². The summed E-state index contributed by atoms with van der Waals surface area (Å²) >= 11 is 11.9. The Morgan fingerprint density at radius 2 is 1.93 bits per heavy atom. The summed E-state index contributed by atoms with van der Waals surface area (Å²) in [7, 11) is 0. The van der Waals surface area contributed by atoms with Crippen LogP contribution < -0.4 is 10.6 Å². The third-order valence-corrected chi connectivity index (χ3v) is 4.46. The molecule has 0 saturated heterocycles. The Hall–Kier alpha value is -2.25. The van der Waals surface area contributed by atoms with E-state index >= 15 is 0 Å². The molecule has 0 aromatic heterocycles. The van der Waals surface area contributed by atoms with Gasteiger partial charge < -0.3 is 20.1 Å². The molecule has 1 aromatic rings. The Kier molecular flexibility index (Phi) is 7.50. The smallest absolute Gasteiger partial charge is 0.338 e. The van der Waals surface area contributed by atoms with E-state index in [9.17, 15) is 14.4 Å². The van der Waals surface area contributed by atoms with Crippen LogP contribution in [0.5, 0.6) is 0 Å². The van der Waals surface area contributed by atoms with Crippen molar-refractivity contribution in [1.82, 2.24) is 10.6 Å². The zero-order chi connectivity index (χ0) is 20.0. The van der Waals surface area contributed by atoms with E-state index in [0.717, 1.165) is 0 Å². The Morgan fingerprint density at radius 1 is 1.19 bits per heavy atom. The number of halogens is 2. The molecule has 1 atom stereocenters. The summed E-state index contributed by atoms with van der Waals surface area (Å²) in [5.41, 5.74) is 1.02. The summed E-state index contributed by atoms with van der Waals surface area (Å²) < 4.78 is 10.3. The second kappa shape index (κ2) is 9.62. The molecule has 0 fully saturated rings. The van der Waals surface area contributed by atoms with Gasteiger partial charge in [-0.3, -0.25) is 4.79 Å². The van der Waals surface area contributed by atoms with E-state index in [4.69, 9.17) is 32.7 Å². The van der Waals surface area contributed by atoms with Gasteiger partial charge in [-0.25, -0.2) is 9.59 Å². The summed E-state index contributed by atoms with van der Waals surface area (Å²) in [6, 6.07) is 3.80. The quantitative estimate of drug-likeness (QED) is 0.668. The van der Waals surface area contributed by atoms with E-state index in [2.05, 4.69) is 10.6 Å². The molecule has 1 aromatic carbocycles. The van der Waals surface area contributed by atoms with E-state index in [0.29, 0.717) is 22.0 Å². The van der Waals surface area contributed by atoms with Crippen LogP contribution in [0.1, 0.15) is 25.8 Å². The number of carbonyl (C=O) groups excluding carboxylic acids is 3. The van der Waals surface area contributed by atoms with E-state index in [-0.39, 0.29) is 30.9 Å². The van der Waals surface area contributed by atoms with Gasteiger partial charge in [0, 0.05) is 10.0 Å². The van der Waals surface area contributed by atoms with Crippen LogP contribution in [-0.2, 0) is 25.5 Å². The molecule has 1 heterocycles. The molecule has 0 spiro atoms. The average molecular weight is 415 g/mol. The lowest BCUT2D eigenvalue weighted by atomic mass is 10.0. The lowest BCUT2D eigenvalue weighted by Gasteiger charge is -2.28. The number of ether oxygens (including phenoxy) is 2. The monoisotopic (exact) mass is 414 g/mol. The van der Waals surface area contributed by atoms with E-state index in [1.165, 1.54) is 6.07 Å². The topological polar surface area (TPSA) is 93.7 Å². The molecule has 0 unspecified atom stereocenters. The summed E-state index contributed by atoms with van der Waals surface area (Å²) in [4.78, 5) is 36.2. The highest BCUT2D eigenvalue weighted by molar-refractivity contribution is 6.35. The molecule has 9 heteroatoms. The lowest BCUT2D eigenvalue weighted by molar-refractivity contribution is -0.143. The molecule has 146 valence electrons. The molecule has 0 radical (unpaired) electrons. The maximum absolute atomic E-state index is 12.3. The number of carbonyl (C=O) groups is 3. The maximum atomic E-state index is 12.3. The molecule has 2 N–H and O–H groups in total. The summed E-state index contributed by atoms with van der Waals surface area (Å²) in [6.07, 6.45) is 0.417. The molecule has 0 saturated carbocycles. The van der Waals surface area contributed by atoms with E-state index in [1.54, 1.807) is 19.1 Å². The normalized spacial score (nSPS) is 16.4. The molecule has 27 heavy (non-hydrogen) atoms. The minimum Gasteiger partial charge on any atom is -0.463 e.